The number of unbranched alkanes of at least 4 members (excludes halogenated alkanes) is 1. The number of rotatable bonds is 9. The Morgan fingerprint density at radius 2 is 2.18 bits per heavy atom. The number of hydrogen-bond acceptors (Lipinski definition) is 6. The largest absolute Gasteiger partial charge is 0.490 e. The maximum atomic E-state index is 12.8. The van der Waals surface area contributed by atoms with E-state index in [2.05, 4.69) is 6.92 Å². The van der Waals surface area contributed by atoms with Crippen LogP contribution < -0.4 is 9.47 Å². The zero-order valence-electron chi connectivity index (χ0n) is 16.4. The van der Waals surface area contributed by atoms with Crippen molar-refractivity contribution in [2.75, 3.05) is 26.4 Å². The van der Waals surface area contributed by atoms with Gasteiger partial charge in [-0.15, -0.1) is 0 Å². The number of carbonyl (C=O) groups excluding carboxylic acids is 1. The first-order valence-electron chi connectivity index (χ1n) is 9.89. The first kappa shape index (κ1) is 21.1. The number of benzene rings is 1. The number of thioether (sulfide) groups is 1. The highest BCUT2D eigenvalue weighted by molar-refractivity contribution is 8.26. The fourth-order valence-corrected chi connectivity index (χ4v) is 4.40. The molecule has 7 heteroatoms. The van der Waals surface area contributed by atoms with Crippen LogP contribution in [0.15, 0.2) is 23.1 Å². The van der Waals surface area contributed by atoms with E-state index in [0.717, 1.165) is 43.6 Å². The summed E-state index contributed by atoms with van der Waals surface area (Å²) in [6, 6.07) is 5.76. The van der Waals surface area contributed by atoms with Crippen LogP contribution in [0.1, 0.15) is 45.1 Å². The van der Waals surface area contributed by atoms with Crippen LogP contribution in [-0.2, 0) is 9.53 Å². The molecule has 1 atom stereocenters. The molecule has 3 rings (SSSR count). The second-order valence-corrected chi connectivity index (χ2v) is 8.44. The summed E-state index contributed by atoms with van der Waals surface area (Å²) in [7, 11) is 0. The summed E-state index contributed by atoms with van der Waals surface area (Å²) in [4.78, 5) is 15.1. The molecule has 2 fully saturated rings. The smallest absolute Gasteiger partial charge is 0.266 e. The average molecular weight is 422 g/mol. The quantitative estimate of drug-likeness (QED) is 0.329. The lowest BCUT2D eigenvalue weighted by Crippen LogP contribution is -2.35. The topological polar surface area (TPSA) is 48.0 Å². The van der Waals surface area contributed by atoms with Gasteiger partial charge >= 0.3 is 0 Å². The van der Waals surface area contributed by atoms with Gasteiger partial charge in [-0.2, -0.15) is 0 Å². The molecule has 2 saturated heterocycles. The van der Waals surface area contributed by atoms with Crippen molar-refractivity contribution in [3.05, 3.63) is 28.7 Å². The predicted molar refractivity (Wildman–Crippen MR) is 117 cm³/mol. The molecule has 0 bridgehead atoms. The summed E-state index contributed by atoms with van der Waals surface area (Å²) >= 11 is 6.76. The minimum Gasteiger partial charge on any atom is -0.490 e. The highest BCUT2D eigenvalue weighted by atomic mass is 32.2. The van der Waals surface area contributed by atoms with Gasteiger partial charge in [0.05, 0.1) is 30.8 Å². The number of amides is 1. The Balaban J connectivity index is 1.73. The van der Waals surface area contributed by atoms with E-state index < -0.39 is 0 Å². The maximum Gasteiger partial charge on any atom is 0.266 e. The lowest BCUT2D eigenvalue weighted by molar-refractivity contribution is -0.123. The first-order chi connectivity index (χ1) is 13.6. The van der Waals surface area contributed by atoms with Gasteiger partial charge in [-0.25, -0.2) is 0 Å². The Labute approximate surface area is 176 Å². The molecule has 2 aliphatic heterocycles. The Kier molecular flexibility index (Phi) is 7.76. The molecule has 2 heterocycles. The number of thiocarbonyl (C=S) groups is 1. The van der Waals surface area contributed by atoms with Gasteiger partial charge in [0.15, 0.2) is 11.5 Å². The van der Waals surface area contributed by atoms with Crippen molar-refractivity contribution < 1.29 is 19.0 Å². The van der Waals surface area contributed by atoms with Crippen molar-refractivity contribution >= 4 is 40.3 Å². The van der Waals surface area contributed by atoms with Gasteiger partial charge in [0.1, 0.15) is 4.32 Å². The second kappa shape index (κ2) is 10.3. The molecule has 2 aliphatic rings. The molecular formula is C21H27NO4S2. The molecule has 5 nitrogen and oxygen atoms in total. The van der Waals surface area contributed by atoms with Crippen LogP contribution in [0.25, 0.3) is 6.08 Å². The monoisotopic (exact) mass is 421 g/mol. The number of ether oxygens (including phenoxy) is 3. The van der Waals surface area contributed by atoms with E-state index in [1.807, 2.05) is 31.2 Å². The van der Waals surface area contributed by atoms with Crippen LogP contribution in [0.4, 0.5) is 0 Å². The van der Waals surface area contributed by atoms with Crippen molar-refractivity contribution in [3.8, 4) is 11.5 Å². The van der Waals surface area contributed by atoms with Crippen LogP contribution in [0.2, 0.25) is 0 Å². The highest BCUT2D eigenvalue weighted by Crippen LogP contribution is 2.35. The van der Waals surface area contributed by atoms with Gasteiger partial charge < -0.3 is 14.2 Å². The number of nitrogens with zero attached hydrogens (tertiary/aromatic N) is 1. The molecule has 28 heavy (non-hydrogen) atoms. The summed E-state index contributed by atoms with van der Waals surface area (Å²) < 4.78 is 17.8. The van der Waals surface area contributed by atoms with E-state index in [1.54, 1.807) is 4.90 Å². The van der Waals surface area contributed by atoms with E-state index in [4.69, 9.17) is 26.4 Å². The molecule has 1 aromatic rings. The van der Waals surface area contributed by atoms with E-state index in [-0.39, 0.29) is 12.0 Å². The summed E-state index contributed by atoms with van der Waals surface area (Å²) in [6.45, 7) is 6.59. The second-order valence-electron chi connectivity index (χ2n) is 6.77. The lowest BCUT2D eigenvalue weighted by Gasteiger charge is -2.18. The van der Waals surface area contributed by atoms with Crippen LogP contribution in [-0.4, -0.2) is 47.6 Å². The van der Waals surface area contributed by atoms with Gasteiger partial charge in [0, 0.05) is 6.61 Å². The van der Waals surface area contributed by atoms with E-state index in [9.17, 15) is 4.79 Å². The molecule has 1 amide bonds. The van der Waals surface area contributed by atoms with Crippen LogP contribution >= 0.6 is 24.0 Å². The zero-order chi connectivity index (χ0) is 19.9. The Bertz CT molecular complexity index is 744. The van der Waals surface area contributed by atoms with Crippen LogP contribution in [0.5, 0.6) is 11.5 Å². The lowest BCUT2D eigenvalue weighted by atomic mass is 10.1. The van der Waals surface area contributed by atoms with E-state index >= 15 is 0 Å². The third-order valence-corrected chi connectivity index (χ3v) is 5.98. The molecule has 0 unspecified atom stereocenters. The summed E-state index contributed by atoms with van der Waals surface area (Å²) in [5.74, 6) is 1.38. The molecule has 0 spiro atoms. The molecular weight excluding hydrogens is 394 g/mol. The van der Waals surface area contributed by atoms with Gasteiger partial charge in [-0.05, 0) is 50.0 Å². The minimum absolute atomic E-state index is 0.0493. The molecule has 0 aromatic heterocycles. The molecule has 0 radical (unpaired) electrons. The van der Waals surface area contributed by atoms with Crippen LogP contribution in [0.3, 0.4) is 0 Å². The highest BCUT2D eigenvalue weighted by Gasteiger charge is 2.34. The van der Waals surface area contributed by atoms with Crippen molar-refractivity contribution in [2.24, 2.45) is 0 Å². The normalized spacial score (nSPS) is 21.0. The predicted octanol–water partition coefficient (Wildman–Crippen LogP) is 4.64. The Morgan fingerprint density at radius 1 is 1.32 bits per heavy atom. The van der Waals surface area contributed by atoms with Crippen LogP contribution in [0, 0.1) is 0 Å². The van der Waals surface area contributed by atoms with Crippen molar-refractivity contribution in [3.63, 3.8) is 0 Å². The van der Waals surface area contributed by atoms with E-state index in [0.29, 0.717) is 34.7 Å². The van der Waals surface area contributed by atoms with Crippen molar-refractivity contribution in [2.45, 2.75) is 45.6 Å². The summed E-state index contributed by atoms with van der Waals surface area (Å²) in [6.07, 6.45) is 6.06. The summed E-state index contributed by atoms with van der Waals surface area (Å²) in [5, 5.41) is 0. The van der Waals surface area contributed by atoms with Crippen molar-refractivity contribution in [1.82, 2.24) is 4.90 Å². The van der Waals surface area contributed by atoms with Crippen molar-refractivity contribution in [1.29, 1.82) is 0 Å². The first-order valence-corrected chi connectivity index (χ1v) is 11.1. The SMILES string of the molecule is CCCCOc1ccc(/C=C2/SC(=S)N(C[C@@H]3CCCO3)C2=O)cc1OCC. The van der Waals surface area contributed by atoms with Gasteiger partial charge in [-0.1, -0.05) is 43.4 Å². The summed E-state index contributed by atoms with van der Waals surface area (Å²) in [5.41, 5.74) is 0.893. The third-order valence-electron chi connectivity index (χ3n) is 4.60. The minimum atomic E-state index is -0.0493. The Morgan fingerprint density at radius 3 is 2.89 bits per heavy atom. The fraction of sp³-hybridized carbons (Fsp3) is 0.524. The molecule has 152 valence electrons. The van der Waals surface area contributed by atoms with Gasteiger partial charge in [-0.3, -0.25) is 9.69 Å². The fourth-order valence-electron chi connectivity index (χ4n) is 3.13. The maximum absolute atomic E-state index is 12.8. The Hall–Kier alpha value is -1.57. The molecule has 0 N–H and O–H groups in total. The molecule has 0 saturated carbocycles. The average Bonchev–Trinajstić information content (AvgIpc) is 3.28. The number of carbonyl (C=O) groups is 1. The molecule has 1 aromatic carbocycles. The zero-order valence-corrected chi connectivity index (χ0v) is 18.1. The number of hydrogen-bond donors (Lipinski definition) is 0. The standard InChI is InChI=1S/C21H27NO4S2/c1-3-5-10-26-17-9-8-15(12-18(17)24-4-2)13-19-20(23)22(21(27)28-19)14-16-7-6-11-25-16/h8-9,12-13,16H,3-7,10-11,14H2,1-2H3/b19-13+/t16-/m0/s1. The third kappa shape index (κ3) is 5.27. The van der Waals surface area contributed by atoms with Gasteiger partial charge in [0.25, 0.3) is 5.91 Å². The van der Waals surface area contributed by atoms with E-state index in [1.165, 1.54) is 11.8 Å². The molecule has 0 aliphatic carbocycles. The van der Waals surface area contributed by atoms with Gasteiger partial charge in [0.2, 0.25) is 0 Å².